The van der Waals surface area contributed by atoms with E-state index in [2.05, 4.69) is 17.2 Å². The Balaban J connectivity index is 1.46. The summed E-state index contributed by atoms with van der Waals surface area (Å²) in [7, 11) is 0. The highest BCUT2D eigenvalue weighted by molar-refractivity contribution is 7.15. The van der Waals surface area contributed by atoms with Gasteiger partial charge in [-0.1, -0.05) is 19.1 Å². The highest BCUT2D eigenvalue weighted by Gasteiger charge is 2.06. The van der Waals surface area contributed by atoms with Crippen molar-refractivity contribution in [2.45, 2.75) is 19.9 Å². The van der Waals surface area contributed by atoms with Gasteiger partial charge in [-0.05, 0) is 24.1 Å². The summed E-state index contributed by atoms with van der Waals surface area (Å²) in [4.78, 5) is 17.1. The third kappa shape index (κ3) is 3.46. The molecule has 0 atom stereocenters. The van der Waals surface area contributed by atoms with Gasteiger partial charge in [-0.2, -0.15) is 0 Å². The van der Waals surface area contributed by atoms with Crippen molar-refractivity contribution in [1.82, 2.24) is 14.7 Å². The first-order valence-corrected chi connectivity index (χ1v) is 8.02. The molecule has 0 aliphatic rings. The van der Waals surface area contributed by atoms with Crippen molar-refractivity contribution in [2.75, 3.05) is 6.61 Å². The molecule has 0 aliphatic carbocycles. The number of fused-ring (bicyclic) bond motifs is 1. The number of carbonyl (C=O) groups is 1. The van der Waals surface area contributed by atoms with Crippen LogP contribution < -0.4 is 10.1 Å². The molecule has 2 heterocycles. The lowest BCUT2D eigenvalue weighted by molar-refractivity contribution is -0.123. The summed E-state index contributed by atoms with van der Waals surface area (Å²) in [5.74, 6) is 0.547. The van der Waals surface area contributed by atoms with Crippen molar-refractivity contribution in [1.29, 1.82) is 0 Å². The Bertz CT molecular complexity index is 733. The van der Waals surface area contributed by atoms with E-state index in [0.717, 1.165) is 17.1 Å². The van der Waals surface area contributed by atoms with E-state index >= 15 is 0 Å². The molecule has 114 valence electrons. The van der Waals surface area contributed by atoms with Crippen molar-refractivity contribution in [3.63, 3.8) is 0 Å². The first-order chi connectivity index (χ1) is 10.7. The van der Waals surface area contributed by atoms with Gasteiger partial charge in [0.1, 0.15) is 5.75 Å². The summed E-state index contributed by atoms with van der Waals surface area (Å²) in [6.45, 7) is 2.52. The minimum Gasteiger partial charge on any atom is -0.484 e. The van der Waals surface area contributed by atoms with E-state index in [9.17, 15) is 4.79 Å². The van der Waals surface area contributed by atoms with Crippen LogP contribution in [0.2, 0.25) is 0 Å². The van der Waals surface area contributed by atoms with E-state index in [1.54, 1.807) is 11.3 Å². The normalized spacial score (nSPS) is 10.8. The maximum absolute atomic E-state index is 11.8. The van der Waals surface area contributed by atoms with Gasteiger partial charge in [0.25, 0.3) is 5.91 Å². The van der Waals surface area contributed by atoms with Crippen LogP contribution in [0.5, 0.6) is 5.75 Å². The second kappa shape index (κ2) is 6.62. The standard InChI is InChI=1S/C16H17N3O2S/c1-2-12-3-5-14(6-4-12)21-11-15(20)17-9-13-10-19-7-8-22-16(19)18-13/h3-8,10H,2,9,11H2,1H3,(H,17,20). The molecule has 0 aliphatic heterocycles. The fraction of sp³-hybridized carbons (Fsp3) is 0.250. The van der Waals surface area contributed by atoms with Gasteiger partial charge in [0.05, 0.1) is 12.2 Å². The monoisotopic (exact) mass is 315 g/mol. The van der Waals surface area contributed by atoms with E-state index in [0.29, 0.717) is 12.3 Å². The Kier molecular flexibility index (Phi) is 4.39. The van der Waals surface area contributed by atoms with E-state index in [1.165, 1.54) is 5.56 Å². The molecule has 0 fully saturated rings. The summed E-state index contributed by atoms with van der Waals surface area (Å²) in [6, 6.07) is 7.78. The zero-order valence-electron chi connectivity index (χ0n) is 12.3. The van der Waals surface area contributed by atoms with Crippen LogP contribution in [-0.2, 0) is 17.8 Å². The van der Waals surface area contributed by atoms with Crippen LogP contribution in [0.1, 0.15) is 18.2 Å². The number of amides is 1. The fourth-order valence-corrected chi connectivity index (χ4v) is 2.79. The van der Waals surface area contributed by atoms with E-state index in [1.807, 2.05) is 46.4 Å². The summed E-state index contributed by atoms with van der Waals surface area (Å²) < 4.78 is 7.41. The van der Waals surface area contributed by atoms with Gasteiger partial charge in [-0.25, -0.2) is 4.98 Å². The average Bonchev–Trinajstić information content (AvgIpc) is 3.12. The highest BCUT2D eigenvalue weighted by atomic mass is 32.1. The first kappa shape index (κ1) is 14.6. The molecule has 5 nitrogen and oxygen atoms in total. The minimum atomic E-state index is -0.157. The van der Waals surface area contributed by atoms with Gasteiger partial charge in [-0.15, -0.1) is 11.3 Å². The lowest BCUT2D eigenvalue weighted by atomic mass is 10.2. The van der Waals surface area contributed by atoms with Crippen LogP contribution in [0.15, 0.2) is 42.0 Å². The Morgan fingerprint density at radius 2 is 2.18 bits per heavy atom. The Morgan fingerprint density at radius 3 is 2.91 bits per heavy atom. The number of imidazole rings is 1. The van der Waals surface area contributed by atoms with Gasteiger partial charge in [0.2, 0.25) is 0 Å². The molecule has 3 rings (SSSR count). The van der Waals surface area contributed by atoms with Crippen molar-refractivity contribution in [2.24, 2.45) is 0 Å². The summed E-state index contributed by atoms with van der Waals surface area (Å²) >= 11 is 1.57. The lowest BCUT2D eigenvalue weighted by Crippen LogP contribution is -2.28. The smallest absolute Gasteiger partial charge is 0.258 e. The molecule has 0 saturated carbocycles. The van der Waals surface area contributed by atoms with E-state index in [4.69, 9.17) is 4.74 Å². The molecule has 1 N–H and O–H groups in total. The van der Waals surface area contributed by atoms with E-state index in [-0.39, 0.29) is 12.5 Å². The second-order valence-electron chi connectivity index (χ2n) is 4.89. The SMILES string of the molecule is CCc1ccc(OCC(=O)NCc2cn3ccsc3n2)cc1. The molecular weight excluding hydrogens is 298 g/mol. The number of benzene rings is 1. The number of ether oxygens (including phenoxy) is 1. The van der Waals surface area contributed by atoms with Crippen LogP contribution in [0, 0.1) is 0 Å². The van der Waals surface area contributed by atoms with Gasteiger partial charge in [-0.3, -0.25) is 9.20 Å². The molecule has 0 bridgehead atoms. The number of aryl methyl sites for hydroxylation is 1. The molecule has 0 radical (unpaired) electrons. The Morgan fingerprint density at radius 1 is 1.36 bits per heavy atom. The molecule has 0 saturated heterocycles. The molecule has 3 aromatic rings. The fourth-order valence-electron chi connectivity index (χ4n) is 2.07. The van der Waals surface area contributed by atoms with Crippen LogP contribution in [0.25, 0.3) is 4.96 Å². The topological polar surface area (TPSA) is 55.6 Å². The molecule has 2 aromatic heterocycles. The molecular formula is C16H17N3O2S. The number of nitrogens with one attached hydrogen (secondary N) is 1. The third-order valence-corrected chi connectivity index (χ3v) is 4.08. The number of aromatic nitrogens is 2. The van der Waals surface area contributed by atoms with Crippen molar-refractivity contribution in [3.05, 3.63) is 53.3 Å². The van der Waals surface area contributed by atoms with Crippen molar-refractivity contribution >= 4 is 22.2 Å². The van der Waals surface area contributed by atoms with Gasteiger partial charge < -0.3 is 10.1 Å². The van der Waals surface area contributed by atoms with E-state index < -0.39 is 0 Å². The van der Waals surface area contributed by atoms with Crippen molar-refractivity contribution in [3.8, 4) is 5.75 Å². The molecule has 1 aromatic carbocycles. The molecule has 22 heavy (non-hydrogen) atoms. The highest BCUT2D eigenvalue weighted by Crippen LogP contribution is 2.13. The van der Waals surface area contributed by atoms with Crippen LogP contribution in [0.4, 0.5) is 0 Å². The number of hydrogen-bond acceptors (Lipinski definition) is 4. The zero-order chi connectivity index (χ0) is 15.4. The first-order valence-electron chi connectivity index (χ1n) is 7.14. The number of nitrogens with zero attached hydrogens (tertiary/aromatic N) is 2. The number of hydrogen-bond donors (Lipinski definition) is 1. The van der Waals surface area contributed by atoms with Crippen LogP contribution in [-0.4, -0.2) is 21.9 Å². The Labute approximate surface area is 132 Å². The second-order valence-corrected chi connectivity index (χ2v) is 5.76. The van der Waals surface area contributed by atoms with Gasteiger partial charge in [0.15, 0.2) is 11.6 Å². The predicted octanol–water partition coefficient (Wildman–Crippen LogP) is 2.65. The number of rotatable bonds is 6. The van der Waals surface area contributed by atoms with Crippen LogP contribution in [0.3, 0.4) is 0 Å². The van der Waals surface area contributed by atoms with Crippen LogP contribution >= 0.6 is 11.3 Å². The molecule has 0 unspecified atom stereocenters. The lowest BCUT2D eigenvalue weighted by Gasteiger charge is -2.07. The van der Waals surface area contributed by atoms with Gasteiger partial charge >= 0.3 is 0 Å². The van der Waals surface area contributed by atoms with Crippen molar-refractivity contribution < 1.29 is 9.53 Å². The quantitative estimate of drug-likeness (QED) is 0.761. The summed E-state index contributed by atoms with van der Waals surface area (Å²) in [5.41, 5.74) is 2.09. The third-order valence-electron chi connectivity index (χ3n) is 3.31. The number of carbonyl (C=O) groups excluding carboxylic acids is 1. The molecule has 0 spiro atoms. The average molecular weight is 315 g/mol. The summed E-state index contributed by atoms with van der Waals surface area (Å²) in [6.07, 6.45) is 4.85. The minimum absolute atomic E-state index is 0.00763. The molecule has 6 heteroatoms. The predicted molar refractivity (Wildman–Crippen MR) is 86.2 cm³/mol. The van der Waals surface area contributed by atoms with Gasteiger partial charge in [0, 0.05) is 17.8 Å². The maximum atomic E-state index is 11.8. The zero-order valence-corrected chi connectivity index (χ0v) is 13.1. The Hall–Kier alpha value is -2.34. The largest absolute Gasteiger partial charge is 0.484 e. The summed E-state index contributed by atoms with van der Waals surface area (Å²) in [5, 5.41) is 4.78. The maximum Gasteiger partial charge on any atom is 0.258 e. The molecule has 1 amide bonds. The number of thiazole rings is 1.